The van der Waals surface area contributed by atoms with Crippen LogP contribution in [0.3, 0.4) is 0 Å². The smallest absolute Gasteiger partial charge is 0.331 e. The fraction of sp³-hybridized carbons (Fsp3) is 0.118. The van der Waals surface area contributed by atoms with Crippen LogP contribution in [-0.4, -0.2) is 24.4 Å². The summed E-state index contributed by atoms with van der Waals surface area (Å²) in [7, 11) is 0. The average Bonchev–Trinajstić information content (AvgIpc) is 3.11. The van der Waals surface area contributed by atoms with Crippen molar-refractivity contribution in [1.82, 2.24) is 10.9 Å². The average molecular weight is 328 g/mol. The van der Waals surface area contributed by atoms with Gasteiger partial charge in [-0.2, -0.15) is 0 Å². The molecule has 7 heteroatoms. The number of aryl methyl sites for hydroxylation is 1. The normalized spacial score (nSPS) is 10.4. The van der Waals surface area contributed by atoms with Crippen LogP contribution in [0.1, 0.15) is 21.7 Å². The number of furan rings is 1. The highest BCUT2D eigenvalue weighted by Gasteiger charge is 2.10. The maximum Gasteiger partial charge on any atom is 0.331 e. The first kappa shape index (κ1) is 17.0. The van der Waals surface area contributed by atoms with E-state index in [1.807, 2.05) is 31.2 Å². The summed E-state index contributed by atoms with van der Waals surface area (Å²) in [6.45, 7) is 1.40. The standard InChI is InChI=1S/C17H16N2O5/c1-12-5-2-3-6-13(12)8-9-16(21)24-11-15(20)18-19-17(22)14-7-4-10-23-14/h2-10H,11H2,1H3,(H,18,20)(H,19,22)/b9-8+. The molecule has 0 aliphatic carbocycles. The van der Waals surface area contributed by atoms with E-state index in [1.54, 1.807) is 12.1 Å². The van der Waals surface area contributed by atoms with Crippen molar-refractivity contribution in [2.45, 2.75) is 6.92 Å². The molecule has 2 N–H and O–H groups in total. The second kappa shape index (κ2) is 8.33. The summed E-state index contributed by atoms with van der Waals surface area (Å²) < 4.78 is 9.63. The number of hydrogen-bond acceptors (Lipinski definition) is 5. The van der Waals surface area contributed by atoms with Crippen LogP contribution in [0.25, 0.3) is 6.08 Å². The molecule has 1 heterocycles. The van der Waals surface area contributed by atoms with Crippen molar-refractivity contribution >= 4 is 23.9 Å². The molecule has 0 spiro atoms. The van der Waals surface area contributed by atoms with Gasteiger partial charge in [-0.3, -0.25) is 20.4 Å². The number of benzene rings is 1. The highest BCUT2D eigenvalue weighted by atomic mass is 16.5. The largest absolute Gasteiger partial charge is 0.459 e. The first-order chi connectivity index (χ1) is 11.6. The van der Waals surface area contributed by atoms with Crippen molar-refractivity contribution in [3.8, 4) is 0 Å². The SMILES string of the molecule is Cc1ccccc1/C=C/C(=O)OCC(=O)NNC(=O)c1ccco1. The van der Waals surface area contributed by atoms with Crippen LogP contribution < -0.4 is 10.9 Å². The van der Waals surface area contributed by atoms with Gasteiger partial charge in [-0.15, -0.1) is 0 Å². The molecule has 0 unspecified atom stereocenters. The number of nitrogens with one attached hydrogen (secondary N) is 2. The van der Waals surface area contributed by atoms with E-state index in [2.05, 4.69) is 10.9 Å². The van der Waals surface area contributed by atoms with Crippen LogP contribution in [0.5, 0.6) is 0 Å². The molecule has 0 radical (unpaired) electrons. The van der Waals surface area contributed by atoms with Gasteiger partial charge >= 0.3 is 11.9 Å². The van der Waals surface area contributed by atoms with Gasteiger partial charge in [-0.25, -0.2) is 4.79 Å². The van der Waals surface area contributed by atoms with Crippen molar-refractivity contribution < 1.29 is 23.5 Å². The van der Waals surface area contributed by atoms with E-state index in [9.17, 15) is 14.4 Å². The Labute approximate surface area is 138 Å². The lowest BCUT2D eigenvalue weighted by Gasteiger charge is -2.05. The van der Waals surface area contributed by atoms with Crippen molar-refractivity contribution in [1.29, 1.82) is 0 Å². The van der Waals surface area contributed by atoms with Gasteiger partial charge in [0.25, 0.3) is 5.91 Å². The van der Waals surface area contributed by atoms with Crippen molar-refractivity contribution in [3.63, 3.8) is 0 Å². The van der Waals surface area contributed by atoms with E-state index in [4.69, 9.17) is 9.15 Å². The Balaban J connectivity index is 1.72. The second-order valence-electron chi connectivity index (χ2n) is 4.78. The van der Waals surface area contributed by atoms with Crippen LogP contribution in [-0.2, 0) is 14.3 Å². The van der Waals surface area contributed by atoms with E-state index in [0.717, 1.165) is 11.1 Å². The molecule has 0 atom stereocenters. The van der Waals surface area contributed by atoms with Crippen molar-refractivity contribution in [2.75, 3.05) is 6.61 Å². The molecule has 0 saturated heterocycles. The zero-order valence-corrected chi connectivity index (χ0v) is 12.9. The third-order valence-corrected chi connectivity index (χ3v) is 2.99. The van der Waals surface area contributed by atoms with Crippen molar-refractivity contribution in [3.05, 3.63) is 65.6 Å². The Morgan fingerprint density at radius 2 is 1.92 bits per heavy atom. The summed E-state index contributed by atoms with van der Waals surface area (Å²) in [5, 5.41) is 0. The van der Waals surface area contributed by atoms with Gasteiger partial charge in [-0.1, -0.05) is 24.3 Å². The van der Waals surface area contributed by atoms with Gasteiger partial charge in [0.1, 0.15) is 0 Å². The Morgan fingerprint density at radius 1 is 1.12 bits per heavy atom. The lowest BCUT2D eigenvalue weighted by atomic mass is 10.1. The zero-order chi connectivity index (χ0) is 17.4. The highest BCUT2D eigenvalue weighted by molar-refractivity contribution is 5.93. The molecule has 0 aliphatic heterocycles. The van der Waals surface area contributed by atoms with Crippen molar-refractivity contribution in [2.24, 2.45) is 0 Å². The number of esters is 1. The molecule has 0 bridgehead atoms. The summed E-state index contributed by atoms with van der Waals surface area (Å²) in [6, 6.07) is 10.5. The van der Waals surface area contributed by atoms with Gasteiger partial charge in [0.15, 0.2) is 12.4 Å². The maximum absolute atomic E-state index is 11.6. The van der Waals surface area contributed by atoms with Gasteiger partial charge in [-0.05, 0) is 36.3 Å². The predicted molar refractivity (Wildman–Crippen MR) is 85.5 cm³/mol. The van der Waals surface area contributed by atoms with E-state index in [-0.39, 0.29) is 5.76 Å². The van der Waals surface area contributed by atoms with Crippen LogP contribution in [0.2, 0.25) is 0 Å². The predicted octanol–water partition coefficient (Wildman–Crippen LogP) is 1.61. The van der Waals surface area contributed by atoms with Crippen LogP contribution >= 0.6 is 0 Å². The molecular formula is C17H16N2O5. The molecular weight excluding hydrogens is 312 g/mol. The molecule has 24 heavy (non-hydrogen) atoms. The topological polar surface area (TPSA) is 97.6 Å². The molecule has 0 saturated carbocycles. The number of amides is 2. The molecule has 2 rings (SSSR count). The number of hydrazine groups is 1. The second-order valence-corrected chi connectivity index (χ2v) is 4.78. The third-order valence-electron chi connectivity index (χ3n) is 2.99. The number of ether oxygens (including phenoxy) is 1. The monoisotopic (exact) mass is 328 g/mol. The van der Waals surface area contributed by atoms with E-state index in [1.165, 1.54) is 18.4 Å². The van der Waals surface area contributed by atoms with E-state index in [0.29, 0.717) is 0 Å². The lowest BCUT2D eigenvalue weighted by Crippen LogP contribution is -2.43. The lowest BCUT2D eigenvalue weighted by molar-refractivity contribution is -0.144. The minimum Gasteiger partial charge on any atom is -0.459 e. The van der Waals surface area contributed by atoms with Crippen LogP contribution in [0.4, 0.5) is 0 Å². The number of rotatable bonds is 5. The number of hydrogen-bond donors (Lipinski definition) is 2. The Bertz CT molecular complexity index is 750. The minimum atomic E-state index is -0.674. The highest BCUT2D eigenvalue weighted by Crippen LogP contribution is 2.08. The summed E-state index contributed by atoms with van der Waals surface area (Å²) in [5.41, 5.74) is 6.13. The molecule has 1 aromatic carbocycles. The quantitative estimate of drug-likeness (QED) is 0.494. The van der Waals surface area contributed by atoms with Crippen LogP contribution in [0, 0.1) is 6.92 Å². The Kier molecular flexibility index (Phi) is 5.90. The van der Waals surface area contributed by atoms with Crippen LogP contribution in [0.15, 0.2) is 53.2 Å². The third kappa shape index (κ3) is 5.13. The molecule has 0 aliphatic rings. The molecule has 124 valence electrons. The Morgan fingerprint density at radius 3 is 2.62 bits per heavy atom. The fourth-order valence-corrected chi connectivity index (χ4v) is 1.75. The number of carbonyl (C=O) groups excluding carboxylic acids is 3. The van der Waals surface area contributed by atoms with Gasteiger partial charge < -0.3 is 9.15 Å². The summed E-state index contributed by atoms with van der Waals surface area (Å²) >= 11 is 0. The first-order valence-electron chi connectivity index (χ1n) is 7.09. The van der Waals surface area contributed by atoms with Gasteiger partial charge in [0.05, 0.1) is 6.26 Å². The molecule has 0 fully saturated rings. The molecule has 1 aromatic heterocycles. The number of carbonyl (C=O) groups is 3. The van der Waals surface area contributed by atoms with Gasteiger partial charge in [0.2, 0.25) is 0 Å². The minimum absolute atomic E-state index is 0.0495. The summed E-state index contributed by atoms with van der Waals surface area (Å²) in [5.74, 6) is -1.90. The Hall–Kier alpha value is -3.35. The van der Waals surface area contributed by atoms with E-state index < -0.39 is 24.4 Å². The molecule has 2 amide bonds. The summed E-state index contributed by atoms with van der Waals surface area (Å²) in [4.78, 5) is 34.6. The molecule has 7 nitrogen and oxygen atoms in total. The first-order valence-corrected chi connectivity index (χ1v) is 7.09. The maximum atomic E-state index is 11.6. The van der Waals surface area contributed by atoms with Gasteiger partial charge in [0, 0.05) is 6.08 Å². The zero-order valence-electron chi connectivity index (χ0n) is 12.9. The molecule has 2 aromatic rings. The fourth-order valence-electron chi connectivity index (χ4n) is 1.75. The van der Waals surface area contributed by atoms with E-state index >= 15 is 0 Å². The summed E-state index contributed by atoms with van der Waals surface area (Å²) in [6.07, 6.45) is 4.17.